The Bertz CT molecular complexity index is 1560. The van der Waals surface area contributed by atoms with Crippen LogP contribution in [0.4, 0.5) is 10.5 Å². The number of ether oxygens (including phenoxy) is 1. The van der Waals surface area contributed by atoms with E-state index in [2.05, 4.69) is 21.3 Å². The number of carbonyl (C=O) groups excluding carboxylic acids is 4. The monoisotopic (exact) mass is 667 g/mol. The SMILES string of the molecule is CSCC[C@@H](NC(=O)[C@H](CCCCN)NC(=O)[C@@H](NC(=O)OCc1ccccc1)C(C)C)C(=O)Nc1ccc2c(C)cc(=O)oc2c1. The van der Waals surface area contributed by atoms with Crippen molar-refractivity contribution in [2.45, 2.75) is 71.2 Å². The van der Waals surface area contributed by atoms with Crippen molar-refractivity contribution in [1.29, 1.82) is 0 Å². The van der Waals surface area contributed by atoms with E-state index in [0.29, 0.717) is 42.8 Å². The van der Waals surface area contributed by atoms with Crippen molar-refractivity contribution < 1.29 is 28.3 Å². The van der Waals surface area contributed by atoms with Gasteiger partial charge >= 0.3 is 11.7 Å². The smallest absolute Gasteiger partial charge is 0.408 e. The van der Waals surface area contributed by atoms with Crippen molar-refractivity contribution in [3.05, 3.63) is 76.1 Å². The van der Waals surface area contributed by atoms with Gasteiger partial charge in [0, 0.05) is 23.2 Å². The number of nitrogens with two attached hydrogens (primary N) is 1. The Morgan fingerprint density at radius 3 is 2.28 bits per heavy atom. The summed E-state index contributed by atoms with van der Waals surface area (Å²) in [7, 11) is 0. The zero-order valence-corrected chi connectivity index (χ0v) is 28.1. The first-order valence-electron chi connectivity index (χ1n) is 15.6. The van der Waals surface area contributed by atoms with Crippen LogP contribution in [0, 0.1) is 12.8 Å². The fourth-order valence-electron chi connectivity index (χ4n) is 4.86. The Morgan fingerprint density at radius 1 is 0.894 bits per heavy atom. The van der Waals surface area contributed by atoms with E-state index in [1.165, 1.54) is 17.8 Å². The molecule has 2 aromatic carbocycles. The topological polar surface area (TPSA) is 182 Å². The van der Waals surface area contributed by atoms with Gasteiger partial charge in [-0.15, -0.1) is 0 Å². The second-order valence-corrected chi connectivity index (χ2v) is 12.6. The number of benzene rings is 2. The van der Waals surface area contributed by atoms with Crippen molar-refractivity contribution >= 4 is 52.2 Å². The lowest BCUT2D eigenvalue weighted by atomic mass is 10.0. The number of thioether (sulfide) groups is 1. The number of carbonyl (C=O) groups is 4. The maximum atomic E-state index is 13.6. The fourth-order valence-corrected chi connectivity index (χ4v) is 5.33. The number of fused-ring (bicyclic) bond motifs is 1. The van der Waals surface area contributed by atoms with E-state index in [9.17, 15) is 24.0 Å². The van der Waals surface area contributed by atoms with Crippen molar-refractivity contribution in [1.82, 2.24) is 16.0 Å². The molecule has 0 aliphatic rings. The summed E-state index contributed by atoms with van der Waals surface area (Å²) in [6, 6.07) is 12.7. The van der Waals surface area contributed by atoms with E-state index in [1.54, 1.807) is 39.0 Å². The molecule has 0 unspecified atom stereocenters. The molecule has 4 amide bonds. The summed E-state index contributed by atoms with van der Waals surface area (Å²) in [5.41, 5.74) is 7.46. The van der Waals surface area contributed by atoms with Crippen LogP contribution in [0.2, 0.25) is 0 Å². The van der Waals surface area contributed by atoms with Gasteiger partial charge in [-0.2, -0.15) is 11.8 Å². The lowest BCUT2D eigenvalue weighted by Crippen LogP contribution is -2.57. The average molecular weight is 668 g/mol. The number of hydrogen-bond donors (Lipinski definition) is 5. The summed E-state index contributed by atoms with van der Waals surface area (Å²) in [5.74, 6) is -1.29. The molecule has 0 saturated carbocycles. The third kappa shape index (κ3) is 11.7. The van der Waals surface area contributed by atoms with Crippen LogP contribution >= 0.6 is 11.8 Å². The van der Waals surface area contributed by atoms with Gasteiger partial charge in [0.05, 0.1) is 0 Å². The number of nitrogens with one attached hydrogen (secondary N) is 4. The Balaban J connectivity index is 1.71. The molecule has 3 rings (SSSR count). The summed E-state index contributed by atoms with van der Waals surface area (Å²) in [4.78, 5) is 64.9. The summed E-state index contributed by atoms with van der Waals surface area (Å²) in [5, 5.41) is 11.7. The number of hydrogen-bond acceptors (Lipinski definition) is 9. The van der Waals surface area contributed by atoms with Gasteiger partial charge in [0.1, 0.15) is 30.3 Å². The zero-order valence-electron chi connectivity index (χ0n) is 27.3. The summed E-state index contributed by atoms with van der Waals surface area (Å²) >= 11 is 1.52. The van der Waals surface area contributed by atoms with Crippen molar-refractivity contribution in [2.24, 2.45) is 11.7 Å². The van der Waals surface area contributed by atoms with Crippen LogP contribution in [0.1, 0.15) is 50.7 Å². The van der Waals surface area contributed by atoms with E-state index < -0.39 is 47.6 Å². The van der Waals surface area contributed by atoms with Crippen LogP contribution in [0.15, 0.2) is 63.8 Å². The van der Waals surface area contributed by atoms with Gasteiger partial charge in [0.2, 0.25) is 17.7 Å². The van der Waals surface area contributed by atoms with Crippen LogP contribution in [0.25, 0.3) is 11.0 Å². The molecule has 12 nitrogen and oxygen atoms in total. The molecule has 3 atom stereocenters. The zero-order chi connectivity index (χ0) is 34.3. The highest BCUT2D eigenvalue weighted by molar-refractivity contribution is 7.98. The third-order valence-electron chi connectivity index (χ3n) is 7.48. The van der Waals surface area contributed by atoms with E-state index in [1.807, 2.05) is 36.6 Å². The van der Waals surface area contributed by atoms with E-state index >= 15 is 0 Å². The first-order valence-corrected chi connectivity index (χ1v) is 17.0. The molecule has 0 fully saturated rings. The molecule has 1 heterocycles. The Hall–Kier alpha value is -4.36. The van der Waals surface area contributed by atoms with Crippen LogP contribution in [-0.4, -0.2) is 60.5 Å². The Labute approximate surface area is 278 Å². The minimum Gasteiger partial charge on any atom is -0.445 e. The highest BCUT2D eigenvalue weighted by atomic mass is 32.2. The van der Waals surface area contributed by atoms with Gasteiger partial charge in [-0.3, -0.25) is 14.4 Å². The normalized spacial score (nSPS) is 13.0. The predicted molar refractivity (Wildman–Crippen MR) is 184 cm³/mol. The lowest BCUT2D eigenvalue weighted by molar-refractivity contribution is -0.132. The maximum absolute atomic E-state index is 13.6. The number of rotatable bonds is 17. The molecule has 47 heavy (non-hydrogen) atoms. The first-order chi connectivity index (χ1) is 22.5. The molecule has 0 bridgehead atoms. The molecule has 13 heteroatoms. The minimum atomic E-state index is -0.986. The van der Waals surface area contributed by atoms with Crippen LogP contribution in [0.3, 0.4) is 0 Å². The molecule has 3 aromatic rings. The Morgan fingerprint density at radius 2 is 1.60 bits per heavy atom. The van der Waals surface area contributed by atoms with Gasteiger partial charge in [0.15, 0.2) is 0 Å². The number of unbranched alkanes of at least 4 members (excludes halogenated alkanes) is 1. The summed E-state index contributed by atoms with van der Waals surface area (Å²) in [6.45, 7) is 5.79. The molecule has 0 aliphatic carbocycles. The second-order valence-electron chi connectivity index (χ2n) is 11.6. The standard InChI is InChI=1S/C34H45N5O7S/c1-21(2)30(39-34(44)45-20-23-10-6-5-7-11-23)33(43)38-26(12-8-9-16-35)32(42)37-27(15-17-47-4)31(41)36-24-13-14-25-22(3)18-29(40)46-28(25)19-24/h5-7,10-11,13-14,18-19,21,26-27,30H,8-9,12,15-17,20,35H2,1-4H3,(H,36,41)(H,37,42)(H,38,43)(H,39,44)/t26-,27+,30-/m0/s1. The highest BCUT2D eigenvalue weighted by Crippen LogP contribution is 2.21. The van der Waals surface area contributed by atoms with Gasteiger partial charge in [-0.05, 0) is 80.3 Å². The highest BCUT2D eigenvalue weighted by Gasteiger charge is 2.31. The molecular formula is C34H45N5O7S. The molecule has 254 valence electrons. The van der Waals surface area contributed by atoms with Crippen molar-refractivity contribution in [2.75, 3.05) is 23.9 Å². The molecule has 1 aromatic heterocycles. The van der Waals surface area contributed by atoms with E-state index in [0.717, 1.165) is 16.5 Å². The average Bonchev–Trinajstić information content (AvgIpc) is 3.04. The largest absolute Gasteiger partial charge is 0.445 e. The van der Waals surface area contributed by atoms with Gasteiger partial charge < -0.3 is 36.2 Å². The number of alkyl carbamates (subject to hydrolysis) is 1. The Kier molecular flexibility index (Phi) is 14.8. The van der Waals surface area contributed by atoms with Gasteiger partial charge in [0.25, 0.3) is 0 Å². The first kappa shape index (κ1) is 37.1. The summed E-state index contributed by atoms with van der Waals surface area (Å²) in [6.07, 6.45) is 2.92. The maximum Gasteiger partial charge on any atom is 0.408 e. The molecule has 0 aliphatic heterocycles. The number of anilines is 1. The third-order valence-corrected chi connectivity index (χ3v) is 8.12. The van der Waals surface area contributed by atoms with Crippen molar-refractivity contribution in [3.8, 4) is 0 Å². The second kappa shape index (κ2) is 18.7. The molecule has 6 N–H and O–H groups in total. The van der Waals surface area contributed by atoms with Crippen LogP contribution in [0.5, 0.6) is 0 Å². The number of aryl methyl sites for hydroxylation is 1. The molecule has 0 saturated heterocycles. The quantitative estimate of drug-likeness (QED) is 0.106. The van der Waals surface area contributed by atoms with Gasteiger partial charge in [-0.1, -0.05) is 44.2 Å². The van der Waals surface area contributed by atoms with Crippen LogP contribution in [-0.2, 0) is 25.7 Å². The number of amides is 4. The van der Waals surface area contributed by atoms with E-state index in [-0.39, 0.29) is 18.9 Å². The van der Waals surface area contributed by atoms with Gasteiger partial charge in [-0.25, -0.2) is 9.59 Å². The van der Waals surface area contributed by atoms with Crippen LogP contribution < -0.4 is 32.6 Å². The summed E-state index contributed by atoms with van der Waals surface area (Å²) < 4.78 is 10.6. The predicted octanol–water partition coefficient (Wildman–Crippen LogP) is 3.84. The molecule has 0 radical (unpaired) electrons. The minimum absolute atomic E-state index is 0.0377. The molecular weight excluding hydrogens is 622 g/mol. The van der Waals surface area contributed by atoms with E-state index in [4.69, 9.17) is 14.9 Å². The lowest BCUT2D eigenvalue weighted by Gasteiger charge is -2.26. The molecule has 0 spiro atoms. The van der Waals surface area contributed by atoms with Crippen molar-refractivity contribution in [3.63, 3.8) is 0 Å². The fraction of sp³-hybridized carbons (Fsp3) is 0.441.